The number of hydrogen-bond acceptors (Lipinski definition) is 8. The second-order valence-electron chi connectivity index (χ2n) is 7.67. The lowest BCUT2D eigenvalue weighted by molar-refractivity contribution is 0.122. The van der Waals surface area contributed by atoms with E-state index < -0.39 is 0 Å². The molecular weight excluding hydrogens is 517 g/mol. The lowest BCUT2D eigenvalue weighted by Gasteiger charge is -2.31. The van der Waals surface area contributed by atoms with E-state index in [0.29, 0.717) is 31.1 Å². The van der Waals surface area contributed by atoms with Crippen LogP contribution < -0.4 is 15.2 Å². The average molecular weight is 541 g/mol. The monoisotopic (exact) mass is 541 g/mol. The standard InChI is InChI=1S/C23H24IN7O/c24-19-8-3-5-17(15-19)16-25-29-21-26-22(30-11-13-32-14-12-30)28-23(27-21)31-10-4-7-18-6-1-2-9-20(18)31/h1-3,5-6,8-9,15-16H,4,7,10-14H2,(H,26,27,28,29)/b25-16+. The van der Waals surface area contributed by atoms with Gasteiger partial charge < -0.3 is 14.5 Å². The van der Waals surface area contributed by atoms with E-state index in [0.717, 1.165) is 47.3 Å². The minimum Gasteiger partial charge on any atom is -0.378 e. The molecule has 32 heavy (non-hydrogen) atoms. The summed E-state index contributed by atoms with van der Waals surface area (Å²) in [5.41, 5.74) is 6.50. The molecule has 1 saturated heterocycles. The summed E-state index contributed by atoms with van der Waals surface area (Å²) in [5, 5.41) is 4.38. The van der Waals surface area contributed by atoms with Gasteiger partial charge in [0.2, 0.25) is 17.8 Å². The summed E-state index contributed by atoms with van der Waals surface area (Å²) in [6.45, 7) is 3.72. The number of anilines is 4. The van der Waals surface area contributed by atoms with Crippen LogP contribution >= 0.6 is 22.6 Å². The number of nitrogens with zero attached hydrogens (tertiary/aromatic N) is 6. The molecule has 3 heterocycles. The van der Waals surface area contributed by atoms with Gasteiger partial charge in [0, 0.05) is 28.9 Å². The van der Waals surface area contributed by atoms with Crippen LogP contribution in [0.5, 0.6) is 0 Å². The molecule has 5 rings (SSSR count). The number of aromatic nitrogens is 3. The molecule has 0 aliphatic carbocycles. The Labute approximate surface area is 200 Å². The molecule has 0 atom stereocenters. The average Bonchev–Trinajstić information content (AvgIpc) is 2.84. The Bertz CT molecular complexity index is 1120. The quantitative estimate of drug-likeness (QED) is 0.299. The van der Waals surface area contributed by atoms with Crippen LogP contribution in [0.2, 0.25) is 0 Å². The smallest absolute Gasteiger partial charge is 0.250 e. The summed E-state index contributed by atoms with van der Waals surface area (Å²) in [7, 11) is 0. The molecule has 1 fully saturated rings. The first-order valence-corrected chi connectivity index (χ1v) is 11.8. The van der Waals surface area contributed by atoms with E-state index in [2.05, 4.69) is 84.3 Å². The van der Waals surface area contributed by atoms with E-state index >= 15 is 0 Å². The number of ether oxygens (including phenoxy) is 1. The molecule has 164 valence electrons. The summed E-state index contributed by atoms with van der Waals surface area (Å²) >= 11 is 2.29. The third-order valence-electron chi connectivity index (χ3n) is 5.48. The molecule has 0 spiro atoms. The number of para-hydroxylation sites is 1. The van der Waals surface area contributed by atoms with Crippen molar-refractivity contribution in [2.24, 2.45) is 5.10 Å². The van der Waals surface area contributed by atoms with Gasteiger partial charge in [0.05, 0.1) is 19.4 Å². The maximum Gasteiger partial charge on any atom is 0.250 e. The van der Waals surface area contributed by atoms with E-state index in [-0.39, 0.29) is 0 Å². The van der Waals surface area contributed by atoms with Crippen LogP contribution in [0.1, 0.15) is 17.5 Å². The van der Waals surface area contributed by atoms with E-state index in [1.54, 1.807) is 6.21 Å². The fraction of sp³-hybridized carbons (Fsp3) is 0.304. The van der Waals surface area contributed by atoms with Crippen molar-refractivity contribution >= 4 is 52.3 Å². The maximum atomic E-state index is 5.50. The predicted molar refractivity (Wildman–Crippen MR) is 135 cm³/mol. The molecule has 2 aromatic carbocycles. The van der Waals surface area contributed by atoms with Gasteiger partial charge in [-0.2, -0.15) is 20.1 Å². The van der Waals surface area contributed by atoms with Gasteiger partial charge in [-0.3, -0.25) is 0 Å². The minimum absolute atomic E-state index is 0.432. The highest BCUT2D eigenvalue weighted by molar-refractivity contribution is 14.1. The van der Waals surface area contributed by atoms with Crippen LogP contribution in [0.25, 0.3) is 0 Å². The van der Waals surface area contributed by atoms with Crippen molar-refractivity contribution in [3.8, 4) is 0 Å². The van der Waals surface area contributed by atoms with Crippen LogP contribution in [-0.4, -0.2) is 54.0 Å². The zero-order chi connectivity index (χ0) is 21.8. The van der Waals surface area contributed by atoms with Gasteiger partial charge >= 0.3 is 0 Å². The number of benzene rings is 2. The van der Waals surface area contributed by atoms with Crippen LogP contribution in [0.3, 0.4) is 0 Å². The molecule has 9 heteroatoms. The zero-order valence-electron chi connectivity index (χ0n) is 17.6. The van der Waals surface area contributed by atoms with Crippen molar-refractivity contribution in [3.05, 3.63) is 63.2 Å². The number of aryl methyl sites for hydroxylation is 1. The van der Waals surface area contributed by atoms with Crippen molar-refractivity contribution in [1.29, 1.82) is 0 Å². The van der Waals surface area contributed by atoms with Crippen molar-refractivity contribution in [1.82, 2.24) is 15.0 Å². The normalized spacial score (nSPS) is 16.3. The van der Waals surface area contributed by atoms with Crippen molar-refractivity contribution in [3.63, 3.8) is 0 Å². The third-order valence-corrected chi connectivity index (χ3v) is 6.16. The minimum atomic E-state index is 0.432. The molecule has 0 unspecified atom stereocenters. The van der Waals surface area contributed by atoms with Crippen LogP contribution in [-0.2, 0) is 11.2 Å². The number of nitrogens with one attached hydrogen (secondary N) is 1. The summed E-state index contributed by atoms with van der Waals surface area (Å²) in [6, 6.07) is 16.6. The summed E-state index contributed by atoms with van der Waals surface area (Å²) in [4.78, 5) is 18.5. The Hall–Kier alpha value is -2.79. The first-order chi connectivity index (χ1) is 15.8. The highest BCUT2D eigenvalue weighted by Crippen LogP contribution is 2.32. The summed E-state index contributed by atoms with van der Waals surface area (Å²) in [6.07, 6.45) is 3.90. The Balaban J connectivity index is 1.46. The molecule has 0 bridgehead atoms. The maximum absolute atomic E-state index is 5.50. The Morgan fingerprint density at radius 3 is 2.69 bits per heavy atom. The predicted octanol–water partition coefficient (Wildman–Crippen LogP) is 3.84. The number of hydrogen-bond donors (Lipinski definition) is 1. The number of rotatable bonds is 5. The third kappa shape index (κ3) is 4.83. The lowest BCUT2D eigenvalue weighted by atomic mass is 10.0. The highest BCUT2D eigenvalue weighted by atomic mass is 127. The Morgan fingerprint density at radius 1 is 0.969 bits per heavy atom. The molecule has 1 N–H and O–H groups in total. The van der Waals surface area contributed by atoms with E-state index in [4.69, 9.17) is 14.7 Å². The Morgan fingerprint density at radius 2 is 1.81 bits per heavy atom. The molecule has 0 radical (unpaired) electrons. The van der Waals surface area contributed by atoms with Crippen molar-refractivity contribution in [2.45, 2.75) is 12.8 Å². The Kier molecular flexibility index (Phi) is 6.44. The molecule has 0 amide bonds. The van der Waals surface area contributed by atoms with E-state index in [1.807, 2.05) is 12.1 Å². The van der Waals surface area contributed by atoms with Gasteiger partial charge in [-0.05, 0) is 64.8 Å². The number of morpholine rings is 1. The topological polar surface area (TPSA) is 78.8 Å². The highest BCUT2D eigenvalue weighted by Gasteiger charge is 2.23. The molecule has 0 saturated carbocycles. The molecule has 8 nitrogen and oxygen atoms in total. The van der Waals surface area contributed by atoms with Crippen molar-refractivity contribution < 1.29 is 4.74 Å². The van der Waals surface area contributed by atoms with Gasteiger partial charge in [0.25, 0.3) is 0 Å². The molecule has 2 aliphatic heterocycles. The number of halogens is 1. The largest absolute Gasteiger partial charge is 0.378 e. The second-order valence-corrected chi connectivity index (χ2v) is 8.91. The zero-order valence-corrected chi connectivity index (χ0v) is 19.8. The molecule has 1 aromatic heterocycles. The number of fused-ring (bicyclic) bond motifs is 1. The van der Waals surface area contributed by atoms with E-state index in [9.17, 15) is 0 Å². The van der Waals surface area contributed by atoms with Gasteiger partial charge in [0.1, 0.15) is 0 Å². The molecule has 3 aromatic rings. The summed E-state index contributed by atoms with van der Waals surface area (Å²) < 4.78 is 6.66. The SMILES string of the molecule is Ic1cccc(/C=N/Nc2nc(N3CCOCC3)nc(N3CCCc4ccccc43)n2)c1. The van der Waals surface area contributed by atoms with Gasteiger partial charge in [0.15, 0.2) is 0 Å². The van der Waals surface area contributed by atoms with Gasteiger partial charge in [-0.25, -0.2) is 5.43 Å². The fourth-order valence-corrected chi connectivity index (χ4v) is 4.49. The van der Waals surface area contributed by atoms with E-state index in [1.165, 1.54) is 5.56 Å². The fourth-order valence-electron chi connectivity index (χ4n) is 3.92. The second kappa shape index (κ2) is 9.78. The molecule has 2 aliphatic rings. The first-order valence-electron chi connectivity index (χ1n) is 10.8. The number of hydrazone groups is 1. The van der Waals surface area contributed by atoms with Crippen LogP contribution in [0.15, 0.2) is 53.6 Å². The van der Waals surface area contributed by atoms with Crippen molar-refractivity contribution in [2.75, 3.05) is 48.1 Å². The summed E-state index contributed by atoms with van der Waals surface area (Å²) in [5.74, 6) is 1.72. The van der Waals surface area contributed by atoms with Crippen LogP contribution in [0, 0.1) is 3.57 Å². The molecular formula is C23H24IN7O. The van der Waals surface area contributed by atoms with Crippen LogP contribution in [0.4, 0.5) is 23.5 Å². The van der Waals surface area contributed by atoms with Gasteiger partial charge in [-0.15, -0.1) is 0 Å². The first kappa shape index (κ1) is 21.1. The lowest BCUT2D eigenvalue weighted by Crippen LogP contribution is -2.38. The van der Waals surface area contributed by atoms with Gasteiger partial charge in [-0.1, -0.05) is 30.3 Å².